The van der Waals surface area contributed by atoms with Crippen LogP contribution in [0.25, 0.3) is 0 Å². The maximum atomic E-state index is 5.74. The highest BCUT2D eigenvalue weighted by Crippen LogP contribution is 2.15. The van der Waals surface area contributed by atoms with Crippen molar-refractivity contribution in [1.29, 1.82) is 0 Å². The normalized spacial score (nSPS) is 20.8. The monoisotopic (exact) mass is 268 g/mol. The number of nitrogens with two attached hydrogens (primary N) is 1. The first-order valence-electron chi connectivity index (χ1n) is 8.78. The van der Waals surface area contributed by atoms with Crippen molar-refractivity contribution in [2.45, 2.75) is 102 Å². The summed E-state index contributed by atoms with van der Waals surface area (Å²) in [7, 11) is 0. The van der Waals surface area contributed by atoms with Crippen LogP contribution in [0.3, 0.4) is 0 Å². The van der Waals surface area contributed by atoms with E-state index in [0.717, 1.165) is 6.04 Å². The molecule has 0 aromatic carbocycles. The van der Waals surface area contributed by atoms with Gasteiger partial charge in [0.25, 0.3) is 0 Å². The summed E-state index contributed by atoms with van der Waals surface area (Å²) in [5.74, 6) is 0. The summed E-state index contributed by atoms with van der Waals surface area (Å²) >= 11 is 0. The minimum atomic E-state index is 0.398. The highest BCUT2D eigenvalue weighted by atomic mass is 14.9. The fraction of sp³-hybridized carbons (Fsp3) is 1.00. The van der Waals surface area contributed by atoms with Gasteiger partial charge >= 0.3 is 0 Å². The van der Waals surface area contributed by atoms with Gasteiger partial charge in [-0.1, -0.05) is 57.8 Å². The molecule has 0 spiro atoms. The first kappa shape index (κ1) is 17.0. The lowest BCUT2D eigenvalue weighted by Crippen LogP contribution is -2.20. The molecule has 0 amide bonds. The SMILES string of the molecule is C[C@@H](N)CCCCCCCCCCC[C@H]1CCCN1. The van der Waals surface area contributed by atoms with Crippen LogP contribution in [0.5, 0.6) is 0 Å². The average molecular weight is 268 g/mol. The number of nitrogens with one attached hydrogen (secondary N) is 1. The number of hydrogen-bond donors (Lipinski definition) is 2. The van der Waals surface area contributed by atoms with Gasteiger partial charge in [0.1, 0.15) is 0 Å². The van der Waals surface area contributed by atoms with Gasteiger partial charge in [-0.05, 0) is 39.2 Å². The molecule has 1 heterocycles. The van der Waals surface area contributed by atoms with Crippen LogP contribution in [0.15, 0.2) is 0 Å². The van der Waals surface area contributed by atoms with Gasteiger partial charge in [0.2, 0.25) is 0 Å². The second-order valence-corrected chi connectivity index (χ2v) is 6.53. The van der Waals surface area contributed by atoms with Gasteiger partial charge in [-0.2, -0.15) is 0 Å². The van der Waals surface area contributed by atoms with Gasteiger partial charge in [0.15, 0.2) is 0 Å². The molecule has 3 N–H and O–H groups in total. The zero-order valence-electron chi connectivity index (χ0n) is 13.1. The molecule has 1 fully saturated rings. The summed E-state index contributed by atoms with van der Waals surface area (Å²) in [4.78, 5) is 0. The van der Waals surface area contributed by atoms with Gasteiger partial charge < -0.3 is 11.1 Å². The van der Waals surface area contributed by atoms with E-state index < -0.39 is 0 Å². The molecule has 2 heteroatoms. The van der Waals surface area contributed by atoms with Crippen molar-refractivity contribution in [3.8, 4) is 0 Å². The third-order valence-electron chi connectivity index (χ3n) is 4.37. The second-order valence-electron chi connectivity index (χ2n) is 6.53. The quantitative estimate of drug-likeness (QED) is 0.516. The van der Waals surface area contributed by atoms with Crippen LogP contribution in [0.2, 0.25) is 0 Å². The van der Waals surface area contributed by atoms with E-state index in [0.29, 0.717) is 6.04 Å². The molecule has 2 nitrogen and oxygen atoms in total. The van der Waals surface area contributed by atoms with Gasteiger partial charge in [0, 0.05) is 12.1 Å². The maximum absolute atomic E-state index is 5.74. The number of rotatable bonds is 12. The van der Waals surface area contributed by atoms with E-state index in [9.17, 15) is 0 Å². The van der Waals surface area contributed by atoms with Gasteiger partial charge in [-0.15, -0.1) is 0 Å². The van der Waals surface area contributed by atoms with Crippen LogP contribution in [0.1, 0.15) is 90.4 Å². The molecular formula is C17H36N2. The molecule has 1 rings (SSSR count). The second kappa shape index (κ2) is 11.7. The van der Waals surface area contributed by atoms with Gasteiger partial charge in [0.05, 0.1) is 0 Å². The molecule has 1 saturated heterocycles. The molecule has 0 unspecified atom stereocenters. The van der Waals surface area contributed by atoms with Crippen LogP contribution >= 0.6 is 0 Å². The molecule has 0 bridgehead atoms. The number of hydrogen-bond acceptors (Lipinski definition) is 2. The Morgan fingerprint density at radius 1 is 0.947 bits per heavy atom. The van der Waals surface area contributed by atoms with Crippen molar-refractivity contribution in [2.75, 3.05) is 6.54 Å². The Hall–Kier alpha value is -0.0800. The van der Waals surface area contributed by atoms with Crippen molar-refractivity contribution in [3.05, 3.63) is 0 Å². The molecule has 114 valence electrons. The van der Waals surface area contributed by atoms with Crippen molar-refractivity contribution in [3.63, 3.8) is 0 Å². The predicted octanol–water partition coefficient (Wildman–Crippen LogP) is 4.38. The van der Waals surface area contributed by atoms with Crippen LogP contribution in [-0.4, -0.2) is 18.6 Å². The molecular weight excluding hydrogens is 232 g/mol. The molecule has 2 atom stereocenters. The summed E-state index contributed by atoms with van der Waals surface area (Å²) in [6.45, 7) is 3.37. The zero-order chi connectivity index (χ0) is 13.8. The van der Waals surface area contributed by atoms with Crippen LogP contribution in [0.4, 0.5) is 0 Å². The Morgan fingerprint density at radius 2 is 1.53 bits per heavy atom. The summed E-state index contributed by atoms with van der Waals surface area (Å²) in [6, 6.07) is 1.25. The standard InChI is InChI=1S/C17H36N2/c1-16(18)12-9-7-5-3-2-4-6-8-10-13-17-14-11-15-19-17/h16-17,19H,2-15,18H2,1H3/t16-,17+/m1/s1. The highest BCUT2D eigenvalue weighted by molar-refractivity contribution is 4.73. The molecule has 1 aliphatic heterocycles. The summed E-state index contributed by atoms with van der Waals surface area (Å²) in [6.07, 6.45) is 18.2. The third kappa shape index (κ3) is 10.4. The molecule has 1 aliphatic rings. The Balaban J connectivity index is 1.69. The van der Waals surface area contributed by atoms with Crippen molar-refractivity contribution >= 4 is 0 Å². The largest absolute Gasteiger partial charge is 0.328 e. The smallest absolute Gasteiger partial charge is 0.00675 e. The topological polar surface area (TPSA) is 38.0 Å². The van der Waals surface area contributed by atoms with Gasteiger partial charge in [-0.3, -0.25) is 0 Å². The fourth-order valence-electron chi connectivity index (χ4n) is 3.10. The minimum absolute atomic E-state index is 0.398. The highest BCUT2D eigenvalue weighted by Gasteiger charge is 2.12. The molecule has 0 aromatic rings. The van der Waals surface area contributed by atoms with E-state index in [1.54, 1.807) is 0 Å². The fourth-order valence-corrected chi connectivity index (χ4v) is 3.10. The Kier molecular flexibility index (Phi) is 10.5. The van der Waals surface area contributed by atoms with Crippen molar-refractivity contribution in [1.82, 2.24) is 5.32 Å². The Bertz CT molecular complexity index is 186. The van der Waals surface area contributed by atoms with E-state index >= 15 is 0 Å². The average Bonchev–Trinajstić information content (AvgIpc) is 2.88. The van der Waals surface area contributed by atoms with E-state index in [-0.39, 0.29) is 0 Å². The van der Waals surface area contributed by atoms with Crippen LogP contribution < -0.4 is 11.1 Å². The molecule has 19 heavy (non-hydrogen) atoms. The zero-order valence-corrected chi connectivity index (χ0v) is 13.1. The van der Waals surface area contributed by atoms with Gasteiger partial charge in [-0.25, -0.2) is 0 Å². The summed E-state index contributed by atoms with van der Waals surface area (Å²) < 4.78 is 0. The van der Waals surface area contributed by atoms with E-state index in [1.807, 2.05) is 0 Å². The predicted molar refractivity (Wildman–Crippen MR) is 85.5 cm³/mol. The van der Waals surface area contributed by atoms with Crippen LogP contribution in [-0.2, 0) is 0 Å². The van der Waals surface area contributed by atoms with Crippen molar-refractivity contribution < 1.29 is 0 Å². The molecule has 0 saturated carbocycles. The minimum Gasteiger partial charge on any atom is -0.328 e. The summed E-state index contributed by atoms with van der Waals surface area (Å²) in [5.41, 5.74) is 5.74. The Labute approximate surface area is 120 Å². The Morgan fingerprint density at radius 3 is 2.05 bits per heavy atom. The number of unbranched alkanes of at least 4 members (excludes halogenated alkanes) is 8. The molecule has 0 aliphatic carbocycles. The third-order valence-corrected chi connectivity index (χ3v) is 4.37. The molecule has 0 radical (unpaired) electrons. The van der Waals surface area contributed by atoms with Crippen molar-refractivity contribution in [2.24, 2.45) is 5.73 Å². The van der Waals surface area contributed by atoms with E-state index in [1.165, 1.54) is 90.0 Å². The summed E-state index contributed by atoms with van der Waals surface area (Å²) in [5, 5.41) is 3.59. The lowest BCUT2D eigenvalue weighted by molar-refractivity contribution is 0.496. The first-order valence-corrected chi connectivity index (χ1v) is 8.78. The van der Waals surface area contributed by atoms with Crippen LogP contribution in [0, 0.1) is 0 Å². The lowest BCUT2D eigenvalue weighted by atomic mass is 10.0. The van der Waals surface area contributed by atoms with E-state index in [2.05, 4.69) is 12.2 Å². The molecule has 0 aromatic heterocycles. The lowest BCUT2D eigenvalue weighted by Gasteiger charge is -2.09. The first-order chi connectivity index (χ1) is 9.29. The van der Waals surface area contributed by atoms with E-state index in [4.69, 9.17) is 5.73 Å². The maximum Gasteiger partial charge on any atom is 0.00675 e.